The van der Waals surface area contributed by atoms with Crippen molar-refractivity contribution in [1.29, 1.82) is 0 Å². The minimum Gasteiger partial charge on any atom is -0.330 e. The van der Waals surface area contributed by atoms with E-state index in [1.807, 2.05) is 29.3 Å². The van der Waals surface area contributed by atoms with Crippen LogP contribution in [0.5, 0.6) is 0 Å². The van der Waals surface area contributed by atoms with E-state index in [9.17, 15) is 9.59 Å². The molecule has 0 spiro atoms. The van der Waals surface area contributed by atoms with Crippen LogP contribution in [0.4, 0.5) is 0 Å². The van der Waals surface area contributed by atoms with Crippen LogP contribution >= 0.6 is 22.7 Å². The highest BCUT2D eigenvalue weighted by Crippen LogP contribution is 2.38. The van der Waals surface area contributed by atoms with Gasteiger partial charge in [0, 0.05) is 18.0 Å². The lowest BCUT2D eigenvalue weighted by Gasteiger charge is -2.37. The summed E-state index contributed by atoms with van der Waals surface area (Å²) in [4.78, 5) is 32.4. The fraction of sp³-hybridized carbons (Fsp3) is 0.407. The predicted octanol–water partition coefficient (Wildman–Crippen LogP) is 6.13. The Balaban J connectivity index is 1.62. The Morgan fingerprint density at radius 1 is 1.06 bits per heavy atom. The van der Waals surface area contributed by atoms with E-state index in [1.165, 1.54) is 27.3 Å². The lowest BCUT2D eigenvalue weighted by molar-refractivity contribution is -0.134. The van der Waals surface area contributed by atoms with Gasteiger partial charge < -0.3 is 9.80 Å². The number of hydrogen-bond acceptors (Lipinski definition) is 4. The summed E-state index contributed by atoms with van der Waals surface area (Å²) in [6.45, 7) is 10.0. The highest BCUT2D eigenvalue weighted by molar-refractivity contribution is 7.12. The van der Waals surface area contributed by atoms with Gasteiger partial charge in [-0.1, -0.05) is 58.0 Å². The molecule has 2 aromatic heterocycles. The third kappa shape index (κ3) is 5.07. The Morgan fingerprint density at radius 2 is 1.82 bits per heavy atom. The van der Waals surface area contributed by atoms with E-state index in [0.717, 1.165) is 18.4 Å². The van der Waals surface area contributed by atoms with Crippen LogP contribution in [0.1, 0.15) is 71.4 Å². The van der Waals surface area contributed by atoms with Crippen LogP contribution in [0, 0.1) is 0 Å². The number of rotatable bonds is 6. The molecule has 0 N–H and O–H groups in total. The number of amides is 2. The molecule has 0 saturated heterocycles. The van der Waals surface area contributed by atoms with Crippen LogP contribution in [0.15, 0.2) is 53.2 Å². The molecule has 0 unspecified atom stereocenters. The zero-order valence-corrected chi connectivity index (χ0v) is 21.5. The van der Waals surface area contributed by atoms with Gasteiger partial charge in [-0.25, -0.2) is 0 Å². The van der Waals surface area contributed by atoms with Gasteiger partial charge in [-0.15, -0.1) is 22.7 Å². The molecule has 4 nitrogen and oxygen atoms in total. The molecule has 0 fully saturated rings. The summed E-state index contributed by atoms with van der Waals surface area (Å²) < 4.78 is 0. The second-order valence-electron chi connectivity index (χ2n) is 9.61. The van der Waals surface area contributed by atoms with Crippen LogP contribution in [-0.4, -0.2) is 41.2 Å². The Hall–Kier alpha value is -2.44. The van der Waals surface area contributed by atoms with Gasteiger partial charge in [0.25, 0.3) is 5.91 Å². The van der Waals surface area contributed by atoms with E-state index in [2.05, 4.69) is 56.5 Å². The number of carbonyl (C=O) groups excluding carboxylic acids is 2. The van der Waals surface area contributed by atoms with Crippen LogP contribution < -0.4 is 0 Å². The molecule has 0 aliphatic carbocycles. The maximum atomic E-state index is 13.6. The van der Waals surface area contributed by atoms with Crippen molar-refractivity contribution in [3.8, 4) is 0 Å². The Bertz CT molecular complexity index is 1090. The average molecular weight is 481 g/mol. The topological polar surface area (TPSA) is 40.6 Å². The molecule has 1 aliphatic rings. The van der Waals surface area contributed by atoms with Gasteiger partial charge >= 0.3 is 0 Å². The van der Waals surface area contributed by atoms with Crippen molar-refractivity contribution in [2.45, 2.75) is 52.0 Å². The molecule has 0 radical (unpaired) electrons. The summed E-state index contributed by atoms with van der Waals surface area (Å²) in [5.74, 6) is -0.0467. The zero-order valence-electron chi connectivity index (χ0n) is 19.8. The molecule has 6 heteroatoms. The van der Waals surface area contributed by atoms with Crippen molar-refractivity contribution in [1.82, 2.24) is 9.80 Å². The molecule has 3 heterocycles. The van der Waals surface area contributed by atoms with Crippen LogP contribution in [0.3, 0.4) is 0 Å². The molecular formula is C27H32N2O2S2. The predicted molar refractivity (Wildman–Crippen MR) is 137 cm³/mol. The molecule has 0 saturated carbocycles. The SMILES string of the molecule is CCCN(CC(=O)N1CCc2sccc2[C@H]1c1ccc(C(C)(C)C)cc1)C(=O)c1cccs1. The van der Waals surface area contributed by atoms with Crippen molar-refractivity contribution in [2.75, 3.05) is 19.6 Å². The Morgan fingerprint density at radius 3 is 2.45 bits per heavy atom. The number of thiophene rings is 2. The second kappa shape index (κ2) is 9.82. The van der Waals surface area contributed by atoms with E-state index >= 15 is 0 Å². The summed E-state index contributed by atoms with van der Waals surface area (Å²) in [6, 6.07) is 14.5. The van der Waals surface area contributed by atoms with E-state index in [0.29, 0.717) is 18.0 Å². The first-order valence-electron chi connectivity index (χ1n) is 11.6. The molecule has 2 amide bonds. The van der Waals surface area contributed by atoms with Gasteiger partial charge in [0.1, 0.15) is 6.54 Å². The first-order valence-corrected chi connectivity index (χ1v) is 13.3. The summed E-state index contributed by atoms with van der Waals surface area (Å²) in [6.07, 6.45) is 1.68. The number of carbonyl (C=O) groups is 2. The summed E-state index contributed by atoms with van der Waals surface area (Å²) >= 11 is 3.19. The van der Waals surface area contributed by atoms with Gasteiger partial charge in [-0.3, -0.25) is 9.59 Å². The van der Waals surface area contributed by atoms with Gasteiger partial charge in [0.2, 0.25) is 5.91 Å². The summed E-state index contributed by atoms with van der Waals surface area (Å²) in [5.41, 5.74) is 3.70. The van der Waals surface area contributed by atoms with Crippen molar-refractivity contribution >= 4 is 34.5 Å². The van der Waals surface area contributed by atoms with E-state index in [1.54, 1.807) is 16.2 Å². The van der Waals surface area contributed by atoms with Crippen LogP contribution in [-0.2, 0) is 16.6 Å². The zero-order chi connectivity index (χ0) is 23.6. The minimum absolute atomic E-state index is 0.00936. The lowest BCUT2D eigenvalue weighted by atomic mass is 9.85. The second-order valence-corrected chi connectivity index (χ2v) is 11.6. The maximum absolute atomic E-state index is 13.6. The number of fused-ring (bicyclic) bond motifs is 1. The van der Waals surface area contributed by atoms with E-state index < -0.39 is 0 Å². The molecule has 1 atom stereocenters. The van der Waals surface area contributed by atoms with Crippen LogP contribution in [0.25, 0.3) is 0 Å². The Labute approximate surface area is 204 Å². The van der Waals surface area contributed by atoms with Crippen molar-refractivity contribution < 1.29 is 9.59 Å². The van der Waals surface area contributed by atoms with Gasteiger partial charge in [0.15, 0.2) is 0 Å². The van der Waals surface area contributed by atoms with Crippen molar-refractivity contribution in [2.24, 2.45) is 0 Å². The Kier molecular flexibility index (Phi) is 7.05. The highest BCUT2D eigenvalue weighted by atomic mass is 32.1. The number of benzene rings is 1. The normalized spacial score (nSPS) is 15.9. The quantitative estimate of drug-likeness (QED) is 0.426. The highest BCUT2D eigenvalue weighted by Gasteiger charge is 2.34. The van der Waals surface area contributed by atoms with Crippen molar-refractivity contribution in [3.05, 3.63) is 79.7 Å². The summed E-state index contributed by atoms with van der Waals surface area (Å²) in [7, 11) is 0. The molecule has 3 aromatic rings. The molecule has 174 valence electrons. The third-order valence-electron chi connectivity index (χ3n) is 6.22. The third-order valence-corrected chi connectivity index (χ3v) is 8.07. The largest absolute Gasteiger partial charge is 0.330 e. The van der Waals surface area contributed by atoms with Gasteiger partial charge in [-0.05, 0) is 57.8 Å². The van der Waals surface area contributed by atoms with E-state index in [-0.39, 0.29) is 29.8 Å². The smallest absolute Gasteiger partial charge is 0.264 e. The number of nitrogens with zero attached hydrogens (tertiary/aromatic N) is 2. The first-order chi connectivity index (χ1) is 15.8. The lowest BCUT2D eigenvalue weighted by Crippen LogP contribution is -2.46. The molecule has 1 aliphatic heterocycles. The molecule has 4 rings (SSSR count). The molecule has 33 heavy (non-hydrogen) atoms. The molecule has 0 bridgehead atoms. The molecular weight excluding hydrogens is 448 g/mol. The standard InChI is InChI=1S/C27H32N2O2S2/c1-5-14-28(26(31)23-7-6-16-32-23)18-24(30)29-15-12-22-21(13-17-33-22)25(29)19-8-10-20(11-9-19)27(2,3)4/h6-11,13,16-17,25H,5,12,14-15,18H2,1-4H3/t25-/m1/s1. The fourth-order valence-electron chi connectivity index (χ4n) is 4.44. The number of hydrogen-bond donors (Lipinski definition) is 0. The minimum atomic E-state index is -0.109. The molecule has 1 aromatic carbocycles. The fourth-order valence-corrected chi connectivity index (χ4v) is 6.04. The first kappa shape index (κ1) is 23.7. The van der Waals surface area contributed by atoms with Gasteiger partial charge in [0.05, 0.1) is 10.9 Å². The van der Waals surface area contributed by atoms with Gasteiger partial charge in [-0.2, -0.15) is 0 Å². The van der Waals surface area contributed by atoms with Crippen LogP contribution in [0.2, 0.25) is 0 Å². The summed E-state index contributed by atoms with van der Waals surface area (Å²) in [5, 5.41) is 4.03. The maximum Gasteiger partial charge on any atom is 0.264 e. The van der Waals surface area contributed by atoms with Crippen molar-refractivity contribution in [3.63, 3.8) is 0 Å². The van der Waals surface area contributed by atoms with E-state index in [4.69, 9.17) is 0 Å². The monoisotopic (exact) mass is 480 g/mol. The average Bonchev–Trinajstić information content (AvgIpc) is 3.49.